The summed E-state index contributed by atoms with van der Waals surface area (Å²) in [6.45, 7) is 3.49. The smallest absolute Gasteiger partial charge is 0.223 e. The van der Waals surface area contributed by atoms with Crippen molar-refractivity contribution >= 4 is 11.7 Å². The molecule has 1 N–H and O–H groups in total. The molecule has 0 bridgehead atoms. The lowest BCUT2D eigenvalue weighted by molar-refractivity contribution is 0.101. The van der Waals surface area contributed by atoms with Gasteiger partial charge in [0.1, 0.15) is 5.69 Å². The summed E-state index contributed by atoms with van der Waals surface area (Å²) in [4.78, 5) is 20.1. The highest BCUT2D eigenvalue weighted by Gasteiger charge is 2.16. The van der Waals surface area contributed by atoms with E-state index in [0.717, 1.165) is 11.3 Å². The molecular formula is C12H13N3O. The van der Waals surface area contributed by atoms with E-state index in [1.54, 1.807) is 14.0 Å². The van der Waals surface area contributed by atoms with Gasteiger partial charge >= 0.3 is 0 Å². The van der Waals surface area contributed by atoms with Gasteiger partial charge in [-0.15, -0.1) is 0 Å². The molecule has 4 heteroatoms. The van der Waals surface area contributed by atoms with Crippen molar-refractivity contribution in [1.82, 2.24) is 9.97 Å². The lowest BCUT2D eigenvalue weighted by Crippen LogP contribution is -1.94. The Labute approximate surface area is 94.1 Å². The normalized spacial score (nSPS) is 10.4. The van der Waals surface area contributed by atoms with Crippen molar-refractivity contribution in [3.05, 3.63) is 29.3 Å². The number of rotatable bonds is 2. The molecular weight excluding hydrogens is 202 g/mol. The van der Waals surface area contributed by atoms with Gasteiger partial charge in [-0.1, -0.05) is 11.6 Å². The third-order valence-electron chi connectivity index (χ3n) is 2.42. The number of fused-ring (bicyclic) bond motifs is 1. The SMILES string of the molecule is CNc1nc2ccc(C)cc(C(C)=O)c-2n1. The van der Waals surface area contributed by atoms with E-state index >= 15 is 0 Å². The van der Waals surface area contributed by atoms with Gasteiger partial charge in [-0.3, -0.25) is 4.79 Å². The van der Waals surface area contributed by atoms with Crippen LogP contribution < -0.4 is 5.32 Å². The first-order valence-electron chi connectivity index (χ1n) is 5.09. The molecule has 82 valence electrons. The Hall–Kier alpha value is -1.97. The molecule has 1 heterocycles. The highest BCUT2D eigenvalue weighted by Crippen LogP contribution is 2.25. The minimum atomic E-state index is 0.00635. The number of anilines is 1. The fraction of sp³-hybridized carbons (Fsp3) is 0.250. The predicted octanol–water partition coefficient (Wildman–Crippen LogP) is 2.13. The van der Waals surface area contributed by atoms with Gasteiger partial charge in [-0.05, 0) is 26.0 Å². The lowest BCUT2D eigenvalue weighted by Gasteiger charge is -1.95. The maximum atomic E-state index is 11.6. The average Bonchev–Trinajstić information content (AvgIpc) is 2.59. The fourth-order valence-corrected chi connectivity index (χ4v) is 1.60. The quantitative estimate of drug-likeness (QED) is 0.780. The number of hydrogen-bond acceptors (Lipinski definition) is 4. The summed E-state index contributed by atoms with van der Waals surface area (Å²) in [5.74, 6) is 0.549. The molecule has 0 atom stereocenters. The number of carbonyl (C=O) groups is 1. The Bertz CT molecular complexity index is 522. The van der Waals surface area contributed by atoms with Crippen molar-refractivity contribution in [3.8, 4) is 11.4 Å². The molecule has 0 spiro atoms. The van der Waals surface area contributed by atoms with Crippen molar-refractivity contribution in [2.24, 2.45) is 0 Å². The van der Waals surface area contributed by atoms with E-state index in [1.807, 2.05) is 25.1 Å². The van der Waals surface area contributed by atoms with E-state index in [4.69, 9.17) is 0 Å². The second kappa shape index (κ2) is 3.89. The van der Waals surface area contributed by atoms with Crippen LogP contribution >= 0.6 is 0 Å². The zero-order valence-corrected chi connectivity index (χ0v) is 9.53. The minimum absolute atomic E-state index is 0.00635. The molecule has 1 aliphatic heterocycles. The largest absolute Gasteiger partial charge is 0.357 e. The number of nitrogens with one attached hydrogen (secondary N) is 1. The standard InChI is InChI=1S/C12H13N3O/c1-7-4-5-10-11(9(6-7)8(2)16)15-12(13-3)14-10/h4-6H,1-3H3,(H,13,14,15). The second-order valence-electron chi connectivity index (χ2n) is 3.72. The fourth-order valence-electron chi connectivity index (χ4n) is 1.60. The van der Waals surface area contributed by atoms with Crippen LogP contribution in [0, 0.1) is 6.92 Å². The Morgan fingerprint density at radius 3 is 2.69 bits per heavy atom. The van der Waals surface area contributed by atoms with Crippen molar-refractivity contribution in [2.75, 3.05) is 12.4 Å². The average molecular weight is 215 g/mol. The van der Waals surface area contributed by atoms with Crippen LogP contribution in [0.5, 0.6) is 0 Å². The number of Topliss-reactive ketones (excluding diaryl/α,β-unsaturated/α-hetero) is 1. The zero-order valence-electron chi connectivity index (χ0n) is 9.53. The molecule has 0 saturated carbocycles. The minimum Gasteiger partial charge on any atom is -0.357 e. The topological polar surface area (TPSA) is 54.9 Å². The highest BCUT2D eigenvalue weighted by atomic mass is 16.1. The Balaban J connectivity index is 2.75. The molecule has 0 saturated heterocycles. The Morgan fingerprint density at radius 1 is 1.31 bits per heavy atom. The Morgan fingerprint density at radius 2 is 2.06 bits per heavy atom. The van der Waals surface area contributed by atoms with Crippen LogP contribution in [-0.2, 0) is 0 Å². The highest BCUT2D eigenvalue weighted by molar-refractivity contribution is 6.00. The molecule has 0 aromatic rings. The number of imidazole rings is 1. The number of hydrogen-bond donors (Lipinski definition) is 1. The van der Waals surface area contributed by atoms with E-state index in [9.17, 15) is 4.79 Å². The molecule has 0 fully saturated rings. The van der Waals surface area contributed by atoms with Crippen LogP contribution in [0.25, 0.3) is 11.4 Å². The molecule has 2 aliphatic rings. The van der Waals surface area contributed by atoms with Crippen LogP contribution in [0.1, 0.15) is 22.8 Å². The maximum Gasteiger partial charge on any atom is 0.223 e. The third kappa shape index (κ3) is 1.74. The second-order valence-corrected chi connectivity index (χ2v) is 3.72. The molecule has 4 nitrogen and oxygen atoms in total. The van der Waals surface area contributed by atoms with Crippen molar-refractivity contribution in [1.29, 1.82) is 0 Å². The molecule has 0 radical (unpaired) electrons. The summed E-state index contributed by atoms with van der Waals surface area (Å²) in [7, 11) is 1.76. The molecule has 0 unspecified atom stereocenters. The predicted molar refractivity (Wildman–Crippen MR) is 62.9 cm³/mol. The monoisotopic (exact) mass is 215 g/mol. The first-order chi connectivity index (χ1) is 7.61. The van der Waals surface area contributed by atoms with Gasteiger partial charge in [0, 0.05) is 12.6 Å². The number of ketones is 1. The molecule has 16 heavy (non-hydrogen) atoms. The van der Waals surface area contributed by atoms with Gasteiger partial charge in [-0.25, -0.2) is 9.97 Å². The zero-order chi connectivity index (χ0) is 11.7. The Kier molecular flexibility index (Phi) is 2.56. The first-order valence-corrected chi connectivity index (χ1v) is 5.09. The molecule has 0 aromatic heterocycles. The van der Waals surface area contributed by atoms with Crippen LogP contribution in [0.2, 0.25) is 0 Å². The van der Waals surface area contributed by atoms with E-state index < -0.39 is 0 Å². The van der Waals surface area contributed by atoms with Gasteiger partial charge in [0.2, 0.25) is 5.95 Å². The molecule has 1 aliphatic carbocycles. The molecule has 0 aromatic carbocycles. The summed E-state index contributed by atoms with van der Waals surface area (Å²) in [6.07, 6.45) is 0. The summed E-state index contributed by atoms with van der Waals surface area (Å²) in [5, 5.41) is 2.87. The first kappa shape index (κ1) is 10.5. The number of aromatic nitrogens is 2. The lowest BCUT2D eigenvalue weighted by atomic mass is 10.1. The molecule has 2 rings (SSSR count). The summed E-state index contributed by atoms with van der Waals surface area (Å²) < 4.78 is 0. The van der Waals surface area contributed by atoms with E-state index in [0.29, 0.717) is 17.2 Å². The van der Waals surface area contributed by atoms with Gasteiger partial charge < -0.3 is 5.32 Å². The van der Waals surface area contributed by atoms with Crippen molar-refractivity contribution in [2.45, 2.75) is 13.8 Å². The summed E-state index contributed by atoms with van der Waals surface area (Å²) in [6, 6.07) is 5.66. The van der Waals surface area contributed by atoms with Crippen LogP contribution in [-0.4, -0.2) is 22.8 Å². The maximum absolute atomic E-state index is 11.6. The van der Waals surface area contributed by atoms with Crippen LogP contribution in [0.15, 0.2) is 18.2 Å². The summed E-state index contributed by atoms with van der Waals surface area (Å²) >= 11 is 0. The van der Waals surface area contributed by atoms with Gasteiger partial charge in [0.05, 0.1) is 5.69 Å². The van der Waals surface area contributed by atoms with Crippen molar-refractivity contribution < 1.29 is 4.79 Å². The van der Waals surface area contributed by atoms with Crippen LogP contribution in [0.3, 0.4) is 0 Å². The number of carbonyl (C=O) groups excluding carboxylic acids is 1. The van der Waals surface area contributed by atoms with Crippen molar-refractivity contribution in [3.63, 3.8) is 0 Å². The van der Waals surface area contributed by atoms with E-state index in [1.165, 1.54) is 0 Å². The van der Waals surface area contributed by atoms with Gasteiger partial charge in [0.15, 0.2) is 5.78 Å². The van der Waals surface area contributed by atoms with Gasteiger partial charge in [-0.2, -0.15) is 0 Å². The number of aryl methyl sites for hydroxylation is 1. The molecule has 0 amide bonds. The van der Waals surface area contributed by atoms with Crippen LogP contribution in [0.4, 0.5) is 5.95 Å². The summed E-state index contributed by atoms with van der Waals surface area (Å²) in [5.41, 5.74) is 3.04. The number of nitrogens with zero attached hydrogens (tertiary/aromatic N) is 2. The van der Waals surface area contributed by atoms with E-state index in [2.05, 4.69) is 15.3 Å². The third-order valence-corrected chi connectivity index (χ3v) is 2.42. The van der Waals surface area contributed by atoms with Gasteiger partial charge in [0.25, 0.3) is 0 Å². The van der Waals surface area contributed by atoms with E-state index in [-0.39, 0.29) is 5.78 Å².